The molecule has 2 N–H and O–H groups in total. The molecule has 0 amide bonds. The second-order valence-electron chi connectivity index (χ2n) is 6.89. The quantitative estimate of drug-likeness (QED) is 0.288. The molecule has 0 atom stereocenters. The Hall–Kier alpha value is -1.16. The molecule has 1 aromatic heterocycles. The lowest BCUT2D eigenvalue weighted by atomic mass is 10.1. The van der Waals surface area contributed by atoms with Crippen molar-refractivity contribution >= 4 is 41.3 Å². The highest BCUT2D eigenvalue weighted by atomic mass is 127. The van der Waals surface area contributed by atoms with Crippen molar-refractivity contribution in [3.8, 4) is 0 Å². The molecular weight excluding hydrogens is 497 g/mol. The number of benzene rings is 1. The summed E-state index contributed by atoms with van der Waals surface area (Å²) in [6, 6.07) is 12.8. The first-order valence-corrected chi connectivity index (χ1v) is 11.0. The molecule has 0 saturated carbocycles. The molecule has 1 aromatic carbocycles. The zero-order valence-corrected chi connectivity index (χ0v) is 20.2. The van der Waals surface area contributed by atoms with Crippen LogP contribution in [0.5, 0.6) is 0 Å². The molecule has 0 unspecified atom stereocenters. The third kappa shape index (κ3) is 9.02. The third-order valence-corrected chi connectivity index (χ3v) is 5.59. The van der Waals surface area contributed by atoms with Crippen LogP contribution < -0.4 is 10.6 Å². The average molecular weight is 529 g/mol. The fourth-order valence-electron chi connectivity index (χ4n) is 3.15. The van der Waals surface area contributed by atoms with E-state index in [0.29, 0.717) is 19.3 Å². The number of hydrogen-bond acceptors (Lipinski definition) is 4. The predicted molar refractivity (Wildman–Crippen MR) is 131 cm³/mol. The van der Waals surface area contributed by atoms with E-state index >= 15 is 0 Å². The number of aliphatic imine (C=N–C) groups is 1. The van der Waals surface area contributed by atoms with Gasteiger partial charge in [-0.1, -0.05) is 30.3 Å². The van der Waals surface area contributed by atoms with Gasteiger partial charge in [-0.3, -0.25) is 0 Å². The van der Waals surface area contributed by atoms with Crippen molar-refractivity contribution in [3.05, 3.63) is 57.8 Å². The molecule has 1 fully saturated rings. The lowest BCUT2D eigenvalue weighted by Gasteiger charge is -2.22. The van der Waals surface area contributed by atoms with Gasteiger partial charge >= 0.3 is 0 Å². The number of rotatable bonds is 9. The number of nitrogens with one attached hydrogen (secondary N) is 2. The minimum Gasteiger partial charge on any atom is -0.381 e. The molecule has 3 rings (SSSR count). The number of guanidine groups is 1. The molecule has 1 aliphatic heterocycles. The normalized spacial score (nSPS) is 15.0. The number of ether oxygens (including phenoxy) is 2. The Labute approximate surface area is 195 Å². The maximum atomic E-state index is 6.04. The molecule has 160 valence electrons. The second kappa shape index (κ2) is 14.0. The van der Waals surface area contributed by atoms with Crippen LogP contribution in [0, 0.1) is 0 Å². The molecule has 0 spiro atoms. The van der Waals surface area contributed by atoms with Gasteiger partial charge in [-0.05, 0) is 48.8 Å². The van der Waals surface area contributed by atoms with Crippen LogP contribution in [-0.4, -0.2) is 38.4 Å². The zero-order chi connectivity index (χ0) is 19.4. The van der Waals surface area contributed by atoms with Crippen LogP contribution in [-0.2, 0) is 29.0 Å². The summed E-state index contributed by atoms with van der Waals surface area (Å²) in [4.78, 5) is 6.12. The fraction of sp³-hybridized carbons (Fsp3) is 0.500. The van der Waals surface area contributed by atoms with Crippen molar-refractivity contribution in [1.82, 2.24) is 10.6 Å². The number of thiophene rings is 1. The summed E-state index contributed by atoms with van der Waals surface area (Å²) in [6.07, 6.45) is 3.32. The first kappa shape index (κ1) is 24.1. The highest BCUT2D eigenvalue weighted by Gasteiger charge is 2.14. The average Bonchev–Trinajstić information content (AvgIpc) is 3.25. The molecular formula is C22H32IN3O2S. The van der Waals surface area contributed by atoms with Crippen LogP contribution in [0.4, 0.5) is 0 Å². The predicted octanol–water partition coefficient (Wildman–Crippen LogP) is 4.36. The van der Waals surface area contributed by atoms with E-state index in [1.54, 1.807) is 11.3 Å². The Balaban J connectivity index is 0.00000300. The van der Waals surface area contributed by atoms with Gasteiger partial charge in [-0.15, -0.1) is 35.3 Å². The summed E-state index contributed by atoms with van der Waals surface area (Å²) in [6.45, 7) is 6.75. The van der Waals surface area contributed by atoms with E-state index in [4.69, 9.17) is 14.5 Å². The fourth-order valence-corrected chi connectivity index (χ4v) is 3.85. The van der Waals surface area contributed by atoms with Gasteiger partial charge in [0, 0.05) is 31.2 Å². The molecule has 0 bridgehead atoms. The Kier molecular flexibility index (Phi) is 11.6. The number of hydrogen-bond donors (Lipinski definition) is 2. The van der Waals surface area contributed by atoms with Gasteiger partial charge in [-0.2, -0.15) is 0 Å². The highest BCUT2D eigenvalue weighted by molar-refractivity contribution is 14.0. The molecule has 7 heteroatoms. The molecule has 0 aliphatic carbocycles. The standard InChI is InChI=1S/C22H31N3O2S.HI/c1-2-23-22(24-11-8-21-7-4-14-28-21)25-16-18-5-3-6-19(15-18)17-27-20-9-12-26-13-10-20;/h3-7,14-15,20H,2,8-13,16-17H2,1H3,(H2,23,24,25);1H. The van der Waals surface area contributed by atoms with Crippen molar-refractivity contribution < 1.29 is 9.47 Å². The first-order chi connectivity index (χ1) is 13.8. The van der Waals surface area contributed by atoms with Crippen LogP contribution in [0.25, 0.3) is 0 Å². The van der Waals surface area contributed by atoms with Gasteiger partial charge < -0.3 is 20.1 Å². The lowest BCUT2D eigenvalue weighted by Crippen LogP contribution is -2.38. The molecule has 1 aliphatic rings. The molecule has 0 radical (unpaired) electrons. The molecule has 29 heavy (non-hydrogen) atoms. The van der Waals surface area contributed by atoms with Crippen LogP contribution in [0.15, 0.2) is 46.8 Å². The van der Waals surface area contributed by atoms with Crippen LogP contribution >= 0.6 is 35.3 Å². The first-order valence-electron chi connectivity index (χ1n) is 10.1. The van der Waals surface area contributed by atoms with E-state index in [-0.39, 0.29) is 24.0 Å². The smallest absolute Gasteiger partial charge is 0.191 e. The Bertz CT molecular complexity index is 719. The summed E-state index contributed by atoms with van der Waals surface area (Å²) >= 11 is 1.80. The van der Waals surface area contributed by atoms with E-state index in [1.165, 1.54) is 16.0 Å². The summed E-state index contributed by atoms with van der Waals surface area (Å²) < 4.78 is 11.4. The minimum absolute atomic E-state index is 0. The van der Waals surface area contributed by atoms with Crippen molar-refractivity contribution in [1.29, 1.82) is 0 Å². The Morgan fingerprint density at radius 2 is 2.00 bits per heavy atom. The summed E-state index contributed by atoms with van der Waals surface area (Å²) in [5.74, 6) is 0.864. The molecule has 2 aromatic rings. The topological polar surface area (TPSA) is 54.9 Å². The SMILES string of the molecule is CCNC(=NCc1cccc(COC2CCOCC2)c1)NCCc1cccs1.I. The monoisotopic (exact) mass is 529 g/mol. The summed E-state index contributed by atoms with van der Waals surface area (Å²) in [5.41, 5.74) is 2.40. The van der Waals surface area contributed by atoms with E-state index < -0.39 is 0 Å². The second-order valence-corrected chi connectivity index (χ2v) is 7.93. The van der Waals surface area contributed by atoms with Crippen LogP contribution in [0.3, 0.4) is 0 Å². The van der Waals surface area contributed by atoms with Gasteiger partial charge in [0.25, 0.3) is 0 Å². The van der Waals surface area contributed by atoms with Crippen molar-refractivity contribution in [2.75, 3.05) is 26.3 Å². The summed E-state index contributed by atoms with van der Waals surface area (Å²) in [5, 5.41) is 8.86. The van der Waals surface area contributed by atoms with Crippen molar-refractivity contribution in [2.24, 2.45) is 4.99 Å². The maximum absolute atomic E-state index is 6.04. The van der Waals surface area contributed by atoms with E-state index in [9.17, 15) is 0 Å². The lowest BCUT2D eigenvalue weighted by molar-refractivity contribution is -0.0390. The molecule has 5 nitrogen and oxygen atoms in total. The van der Waals surface area contributed by atoms with E-state index in [1.807, 2.05) is 0 Å². The van der Waals surface area contributed by atoms with Gasteiger partial charge in [-0.25, -0.2) is 4.99 Å². The van der Waals surface area contributed by atoms with Gasteiger partial charge in [0.15, 0.2) is 5.96 Å². The third-order valence-electron chi connectivity index (χ3n) is 4.65. The maximum Gasteiger partial charge on any atom is 0.191 e. The zero-order valence-electron chi connectivity index (χ0n) is 17.1. The van der Waals surface area contributed by atoms with Crippen molar-refractivity contribution in [3.63, 3.8) is 0 Å². The number of halogens is 1. The molecule has 1 saturated heterocycles. The van der Waals surface area contributed by atoms with E-state index in [2.05, 4.69) is 59.3 Å². The Morgan fingerprint density at radius 3 is 2.76 bits per heavy atom. The minimum atomic E-state index is 0. The van der Waals surface area contributed by atoms with Gasteiger partial charge in [0.05, 0.1) is 19.3 Å². The van der Waals surface area contributed by atoms with Gasteiger partial charge in [0.2, 0.25) is 0 Å². The molecule has 2 heterocycles. The Morgan fingerprint density at radius 1 is 1.17 bits per heavy atom. The highest BCUT2D eigenvalue weighted by Crippen LogP contribution is 2.14. The van der Waals surface area contributed by atoms with Crippen LogP contribution in [0.2, 0.25) is 0 Å². The van der Waals surface area contributed by atoms with Crippen LogP contribution in [0.1, 0.15) is 35.8 Å². The van der Waals surface area contributed by atoms with Gasteiger partial charge in [0.1, 0.15) is 0 Å². The van der Waals surface area contributed by atoms with Crippen molar-refractivity contribution in [2.45, 2.75) is 45.4 Å². The summed E-state index contributed by atoms with van der Waals surface area (Å²) in [7, 11) is 0. The number of nitrogens with zero attached hydrogens (tertiary/aromatic N) is 1. The van der Waals surface area contributed by atoms with E-state index in [0.717, 1.165) is 51.5 Å². The largest absolute Gasteiger partial charge is 0.381 e.